The summed E-state index contributed by atoms with van der Waals surface area (Å²) in [4.78, 5) is 18.2. The van der Waals surface area contributed by atoms with Crippen molar-refractivity contribution in [2.75, 3.05) is 13.2 Å². The summed E-state index contributed by atoms with van der Waals surface area (Å²) in [6.07, 6.45) is 2.95. The monoisotopic (exact) mass is 450 g/mol. The second-order valence-electron chi connectivity index (χ2n) is 8.42. The predicted molar refractivity (Wildman–Crippen MR) is 125 cm³/mol. The number of nitrogens with zero attached hydrogens (tertiary/aromatic N) is 5. The SMILES string of the molecule is CC[C@H](c1nnnn1Cc1ccco1)N(CCCO)Cc1cc2cc(C)cc(C)c2[nH]c1=O. The summed E-state index contributed by atoms with van der Waals surface area (Å²) >= 11 is 0. The first-order chi connectivity index (χ1) is 16.0. The zero-order valence-corrected chi connectivity index (χ0v) is 19.3. The van der Waals surface area contributed by atoms with E-state index in [9.17, 15) is 9.90 Å². The molecule has 0 aliphatic carbocycles. The second kappa shape index (κ2) is 10.1. The lowest BCUT2D eigenvalue weighted by atomic mass is 10.0. The number of fused-ring (bicyclic) bond motifs is 1. The molecular formula is C24H30N6O3. The van der Waals surface area contributed by atoms with Crippen LogP contribution in [0.5, 0.6) is 0 Å². The Morgan fingerprint density at radius 3 is 2.85 bits per heavy atom. The Kier molecular flexibility index (Phi) is 7.00. The summed E-state index contributed by atoms with van der Waals surface area (Å²) in [5, 5.41) is 22.9. The molecule has 0 saturated carbocycles. The highest BCUT2D eigenvalue weighted by Gasteiger charge is 2.26. The minimum atomic E-state index is -0.129. The molecule has 1 aromatic carbocycles. The van der Waals surface area contributed by atoms with Gasteiger partial charge in [0.15, 0.2) is 5.82 Å². The highest BCUT2D eigenvalue weighted by molar-refractivity contribution is 5.82. The first kappa shape index (κ1) is 22.9. The van der Waals surface area contributed by atoms with E-state index in [1.165, 1.54) is 0 Å². The fourth-order valence-electron chi connectivity index (χ4n) is 4.40. The summed E-state index contributed by atoms with van der Waals surface area (Å²) in [6.45, 7) is 7.64. The van der Waals surface area contributed by atoms with Crippen molar-refractivity contribution < 1.29 is 9.52 Å². The fourth-order valence-corrected chi connectivity index (χ4v) is 4.40. The van der Waals surface area contributed by atoms with Crippen LogP contribution in [0.1, 0.15) is 54.1 Å². The number of tetrazole rings is 1. The van der Waals surface area contributed by atoms with Crippen LogP contribution in [0.15, 0.2) is 45.8 Å². The lowest BCUT2D eigenvalue weighted by molar-refractivity contribution is 0.152. The van der Waals surface area contributed by atoms with Gasteiger partial charge in [-0.1, -0.05) is 18.6 Å². The average molecular weight is 451 g/mol. The van der Waals surface area contributed by atoms with E-state index in [2.05, 4.69) is 51.4 Å². The van der Waals surface area contributed by atoms with Crippen LogP contribution in [-0.2, 0) is 13.1 Å². The third-order valence-electron chi connectivity index (χ3n) is 5.92. The number of aliphatic hydroxyl groups is 1. The quantitative estimate of drug-likeness (QED) is 0.382. The molecule has 4 aromatic rings. The number of hydrogen-bond acceptors (Lipinski definition) is 7. The van der Waals surface area contributed by atoms with Crippen LogP contribution in [0.3, 0.4) is 0 Å². The molecule has 0 saturated heterocycles. The molecule has 33 heavy (non-hydrogen) atoms. The van der Waals surface area contributed by atoms with E-state index in [1.54, 1.807) is 10.9 Å². The van der Waals surface area contributed by atoms with Crippen molar-refractivity contribution in [2.45, 2.75) is 52.7 Å². The lowest BCUT2D eigenvalue weighted by Crippen LogP contribution is -2.34. The Bertz CT molecular complexity index is 1260. The predicted octanol–water partition coefficient (Wildman–Crippen LogP) is 3.11. The van der Waals surface area contributed by atoms with Crippen molar-refractivity contribution in [2.24, 2.45) is 0 Å². The van der Waals surface area contributed by atoms with E-state index in [0.29, 0.717) is 37.4 Å². The number of H-pyrrole nitrogens is 1. The molecule has 3 heterocycles. The summed E-state index contributed by atoms with van der Waals surface area (Å²) in [6, 6.07) is 9.71. The first-order valence-electron chi connectivity index (χ1n) is 11.3. The third-order valence-corrected chi connectivity index (χ3v) is 5.92. The zero-order chi connectivity index (χ0) is 23.4. The van der Waals surface area contributed by atoms with Crippen LogP contribution in [0.4, 0.5) is 0 Å². The molecule has 174 valence electrons. The van der Waals surface area contributed by atoms with Crippen molar-refractivity contribution in [3.05, 3.63) is 75.2 Å². The molecule has 9 heteroatoms. The van der Waals surface area contributed by atoms with Crippen LogP contribution in [-0.4, -0.2) is 48.3 Å². The van der Waals surface area contributed by atoms with Crippen molar-refractivity contribution >= 4 is 10.9 Å². The van der Waals surface area contributed by atoms with E-state index in [-0.39, 0.29) is 18.2 Å². The van der Waals surface area contributed by atoms with Gasteiger partial charge >= 0.3 is 0 Å². The summed E-state index contributed by atoms with van der Waals surface area (Å²) in [5.74, 6) is 1.47. The molecule has 0 aliphatic heterocycles. The van der Waals surface area contributed by atoms with Gasteiger partial charge in [0.1, 0.15) is 12.3 Å². The maximum atomic E-state index is 13.0. The number of pyridine rings is 1. The van der Waals surface area contributed by atoms with Gasteiger partial charge < -0.3 is 14.5 Å². The highest BCUT2D eigenvalue weighted by Crippen LogP contribution is 2.25. The van der Waals surface area contributed by atoms with Crippen molar-refractivity contribution in [3.8, 4) is 0 Å². The molecule has 0 aliphatic rings. The van der Waals surface area contributed by atoms with E-state index < -0.39 is 0 Å². The molecular weight excluding hydrogens is 420 g/mol. The lowest BCUT2D eigenvalue weighted by Gasteiger charge is -2.30. The average Bonchev–Trinajstić information content (AvgIpc) is 3.46. The largest absolute Gasteiger partial charge is 0.467 e. The molecule has 0 radical (unpaired) electrons. The van der Waals surface area contributed by atoms with Gasteiger partial charge in [-0.2, -0.15) is 0 Å². The van der Waals surface area contributed by atoms with Gasteiger partial charge in [-0.3, -0.25) is 9.69 Å². The Morgan fingerprint density at radius 1 is 1.27 bits per heavy atom. The molecule has 0 bridgehead atoms. The molecule has 4 rings (SSSR count). The minimum absolute atomic E-state index is 0.0662. The molecule has 0 fully saturated rings. The summed E-state index contributed by atoms with van der Waals surface area (Å²) in [7, 11) is 0. The number of aromatic amines is 1. The van der Waals surface area contributed by atoms with Crippen molar-refractivity contribution in [1.82, 2.24) is 30.1 Å². The van der Waals surface area contributed by atoms with E-state index in [1.807, 2.05) is 25.1 Å². The molecule has 0 unspecified atom stereocenters. The minimum Gasteiger partial charge on any atom is -0.467 e. The van der Waals surface area contributed by atoms with Crippen LogP contribution in [0, 0.1) is 13.8 Å². The Morgan fingerprint density at radius 2 is 2.12 bits per heavy atom. The Balaban J connectivity index is 1.68. The normalized spacial score (nSPS) is 12.6. The molecule has 0 amide bonds. The van der Waals surface area contributed by atoms with Crippen LogP contribution < -0.4 is 5.56 Å². The van der Waals surface area contributed by atoms with Gasteiger partial charge in [0.25, 0.3) is 5.56 Å². The van der Waals surface area contributed by atoms with E-state index >= 15 is 0 Å². The number of hydrogen-bond donors (Lipinski definition) is 2. The number of aryl methyl sites for hydroxylation is 2. The molecule has 1 atom stereocenters. The van der Waals surface area contributed by atoms with Gasteiger partial charge in [-0.25, -0.2) is 4.68 Å². The zero-order valence-electron chi connectivity index (χ0n) is 19.3. The van der Waals surface area contributed by atoms with Gasteiger partial charge in [0.05, 0.1) is 17.8 Å². The number of benzene rings is 1. The number of rotatable bonds is 10. The topological polar surface area (TPSA) is 113 Å². The number of nitrogens with one attached hydrogen (secondary N) is 1. The van der Waals surface area contributed by atoms with Crippen molar-refractivity contribution in [3.63, 3.8) is 0 Å². The number of aliphatic hydroxyl groups excluding tert-OH is 1. The molecule has 0 spiro atoms. The van der Waals surface area contributed by atoms with Gasteiger partial charge in [-0.05, 0) is 72.3 Å². The smallest absolute Gasteiger partial charge is 0.252 e. The van der Waals surface area contributed by atoms with Gasteiger partial charge in [0.2, 0.25) is 0 Å². The molecule has 3 aromatic heterocycles. The molecule has 2 N–H and O–H groups in total. The number of aromatic nitrogens is 5. The second-order valence-corrected chi connectivity index (χ2v) is 8.42. The van der Waals surface area contributed by atoms with E-state index in [4.69, 9.17) is 4.42 Å². The van der Waals surface area contributed by atoms with Crippen LogP contribution in [0.25, 0.3) is 10.9 Å². The highest BCUT2D eigenvalue weighted by atomic mass is 16.3. The maximum Gasteiger partial charge on any atom is 0.252 e. The Hall–Kier alpha value is -3.30. The van der Waals surface area contributed by atoms with E-state index in [0.717, 1.165) is 34.2 Å². The standard InChI is InChI=1S/C24H30N6O3/c1-4-21(23-26-27-28-30(23)15-20-7-5-10-33-20)29(8-6-9-31)14-19-13-18-12-16(2)11-17(3)22(18)25-24(19)32/h5,7,10-13,21,31H,4,6,8-9,14-15H2,1-3H3,(H,25,32)/t21-/m1/s1. The maximum absolute atomic E-state index is 13.0. The summed E-state index contributed by atoms with van der Waals surface area (Å²) < 4.78 is 7.20. The van der Waals surface area contributed by atoms with Gasteiger partial charge in [0, 0.05) is 25.3 Å². The van der Waals surface area contributed by atoms with Crippen LogP contribution in [0.2, 0.25) is 0 Å². The molecule has 9 nitrogen and oxygen atoms in total. The summed E-state index contributed by atoms with van der Waals surface area (Å²) in [5.41, 5.74) is 3.64. The van der Waals surface area contributed by atoms with Crippen LogP contribution >= 0.6 is 0 Å². The van der Waals surface area contributed by atoms with Crippen molar-refractivity contribution in [1.29, 1.82) is 0 Å². The Labute approximate surface area is 192 Å². The first-order valence-corrected chi connectivity index (χ1v) is 11.3. The third kappa shape index (κ3) is 5.04. The number of furan rings is 1. The fraction of sp³-hybridized carbons (Fsp3) is 0.417. The van der Waals surface area contributed by atoms with Gasteiger partial charge in [-0.15, -0.1) is 5.10 Å².